The van der Waals surface area contributed by atoms with E-state index in [1.54, 1.807) is 17.0 Å². The maximum Gasteiger partial charge on any atom is 0.251 e. The number of sulfone groups is 1. The van der Waals surface area contributed by atoms with Gasteiger partial charge in [0.15, 0.2) is 9.84 Å². The summed E-state index contributed by atoms with van der Waals surface area (Å²) >= 11 is 0. The number of β-amino-alcohol motifs (C(OH)–C–C–N with tert-alkyl or cyclic N) is 1. The van der Waals surface area contributed by atoms with Crippen LogP contribution < -0.4 is 0 Å². The van der Waals surface area contributed by atoms with E-state index in [0.717, 1.165) is 6.26 Å². The summed E-state index contributed by atoms with van der Waals surface area (Å²) in [5.74, 6) is 0. The monoisotopic (exact) mass is 348 g/mol. The summed E-state index contributed by atoms with van der Waals surface area (Å²) in [6.07, 6.45) is -1.91. The van der Waals surface area contributed by atoms with E-state index in [-0.39, 0.29) is 11.4 Å². The van der Waals surface area contributed by atoms with Crippen molar-refractivity contribution in [2.24, 2.45) is 0 Å². The molecule has 1 heterocycles. The topological polar surface area (TPSA) is 60.9 Å². The lowest BCUT2D eigenvalue weighted by atomic mass is 10.1. The van der Waals surface area contributed by atoms with Crippen LogP contribution in [-0.2, 0) is 9.84 Å². The molecular weight excluding hydrogens is 326 g/mol. The summed E-state index contributed by atoms with van der Waals surface area (Å²) in [5, 5.41) is 10.3. The first-order valence-corrected chi connectivity index (χ1v) is 9.36. The zero-order valence-corrected chi connectivity index (χ0v) is 13.8. The molecule has 130 valence electrons. The van der Waals surface area contributed by atoms with Crippen molar-refractivity contribution in [1.29, 1.82) is 0 Å². The zero-order valence-electron chi connectivity index (χ0n) is 13.0. The highest BCUT2D eigenvalue weighted by molar-refractivity contribution is 7.90. The van der Waals surface area contributed by atoms with Crippen molar-refractivity contribution in [3.05, 3.63) is 29.8 Å². The van der Waals surface area contributed by atoms with Crippen molar-refractivity contribution >= 4 is 9.84 Å². The van der Waals surface area contributed by atoms with Crippen LogP contribution in [0.5, 0.6) is 0 Å². The Kier molecular flexibility index (Phi) is 6.07. The Bertz CT molecular complexity index is 600. The predicted molar refractivity (Wildman–Crippen MR) is 83.4 cm³/mol. The molecule has 1 fully saturated rings. The second-order valence-electron chi connectivity index (χ2n) is 5.85. The third-order valence-corrected chi connectivity index (χ3v) is 5.11. The van der Waals surface area contributed by atoms with Crippen molar-refractivity contribution in [1.82, 2.24) is 9.80 Å². The van der Waals surface area contributed by atoms with Crippen LogP contribution in [0.3, 0.4) is 0 Å². The van der Waals surface area contributed by atoms with Gasteiger partial charge in [-0.1, -0.05) is 12.1 Å². The Hall–Kier alpha value is -1.09. The SMILES string of the molecule is CS(=O)(=O)c1ccc(C(O)CN2CCN(CC(F)F)CC2)cc1. The van der Waals surface area contributed by atoms with Gasteiger partial charge in [-0.15, -0.1) is 0 Å². The van der Waals surface area contributed by atoms with E-state index in [1.807, 2.05) is 4.90 Å². The fourth-order valence-corrected chi connectivity index (χ4v) is 3.27. The van der Waals surface area contributed by atoms with Crippen molar-refractivity contribution in [3.63, 3.8) is 0 Å². The van der Waals surface area contributed by atoms with Gasteiger partial charge in [-0.3, -0.25) is 9.80 Å². The smallest absolute Gasteiger partial charge is 0.251 e. The van der Waals surface area contributed by atoms with Crippen LogP contribution in [0, 0.1) is 0 Å². The zero-order chi connectivity index (χ0) is 17.0. The number of aliphatic hydroxyl groups excluding tert-OH is 1. The molecule has 1 unspecified atom stereocenters. The van der Waals surface area contributed by atoms with Gasteiger partial charge in [0.05, 0.1) is 17.5 Å². The van der Waals surface area contributed by atoms with Crippen LogP contribution in [0.25, 0.3) is 0 Å². The first-order valence-electron chi connectivity index (χ1n) is 7.46. The number of aliphatic hydroxyl groups is 1. The molecule has 1 aromatic carbocycles. The van der Waals surface area contributed by atoms with Crippen LogP contribution in [0.1, 0.15) is 11.7 Å². The molecule has 0 bridgehead atoms. The van der Waals surface area contributed by atoms with Crippen LogP contribution in [0.2, 0.25) is 0 Å². The number of rotatable bonds is 6. The molecule has 0 aliphatic carbocycles. The van der Waals surface area contributed by atoms with Crippen LogP contribution >= 0.6 is 0 Å². The van der Waals surface area contributed by atoms with Crippen molar-refractivity contribution in [3.8, 4) is 0 Å². The lowest BCUT2D eigenvalue weighted by molar-refractivity contribution is 0.0385. The summed E-state index contributed by atoms with van der Waals surface area (Å²) in [6, 6.07) is 6.17. The Balaban J connectivity index is 1.87. The number of nitrogens with zero attached hydrogens (tertiary/aromatic N) is 2. The summed E-state index contributed by atoms with van der Waals surface area (Å²) in [4.78, 5) is 3.96. The molecule has 1 aliphatic heterocycles. The lowest BCUT2D eigenvalue weighted by Crippen LogP contribution is -2.48. The minimum absolute atomic E-state index is 0.205. The second kappa shape index (κ2) is 7.65. The standard InChI is InChI=1S/C15H22F2N2O3S/c1-23(21,22)13-4-2-12(3-5-13)14(20)10-18-6-8-19(9-7-18)11-15(16)17/h2-5,14-15,20H,6-11H2,1H3. The number of hydrogen-bond acceptors (Lipinski definition) is 5. The molecule has 0 amide bonds. The minimum Gasteiger partial charge on any atom is -0.387 e. The molecule has 1 aliphatic rings. The first kappa shape index (κ1) is 18.3. The van der Waals surface area contributed by atoms with Gasteiger partial charge < -0.3 is 5.11 Å². The molecule has 1 N–H and O–H groups in total. The molecule has 0 saturated carbocycles. The fourth-order valence-electron chi connectivity index (χ4n) is 2.64. The molecule has 1 atom stereocenters. The quantitative estimate of drug-likeness (QED) is 0.831. The van der Waals surface area contributed by atoms with Crippen molar-refractivity contribution < 1.29 is 22.3 Å². The molecule has 0 radical (unpaired) electrons. The van der Waals surface area contributed by atoms with Gasteiger partial charge in [0.2, 0.25) is 0 Å². The molecular formula is C15H22F2N2O3S. The maximum atomic E-state index is 12.3. The molecule has 1 saturated heterocycles. The van der Waals surface area contributed by atoms with Gasteiger partial charge in [-0.05, 0) is 17.7 Å². The summed E-state index contributed by atoms with van der Waals surface area (Å²) in [6.45, 7) is 2.58. The molecule has 8 heteroatoms. The van der Waals surface area contributed by atoms with Gasteiger partial charge in [-0.25, -0.2) is 17.2 Å². The molecule has 0 spiro atoms. The van der Waals surface area contributed by atoms with E-state index in [2.05, 4.69) is 0 Å². The average molecular weight is 348 g/mol. The fraction of sp³-hybridized carbons (Fsp3) is 0.600. The summed E-state index contributed by atoms with van der Waals surface area (Å²) in [7, 11) is -3.25. The molecule has 0 aromatic heterocycles. The Morgan fingerprint density at radius 2 is 1.52 bits per heavy atom. The third-order valence-electron chi connectivity index (χ3n) is 3.99. The second-order valence-corrected chi connectivity index (χ2v) is 7.87. The number of benzene rings is 1. The van der Waals surface area contributed by atoms with Crippen LogP contribution in [0.15, 0.2) is 29.2 Å². The number of piperazine rings is 1. The van der Waals surface area contributed by atoms with Crippen molar-refractivity contribution in [2.45, 2.75) is 17.4 Å². The minimum atomic E-state index is -3.25. The van der Waals surface area contributed by atoms with E-state index in [0.29, 0.717) is 38.3 Å². The van der Waals surface area contributed by atoms with Gasteiger partial charge in [0.25, 0.3) is 6.43 Å². The first-order chi connectivity index (χ1) is 10.8. The van der Waals surface area contributed by atoms with Gasteiger partial charge >= 0.3 is 0 Å². The van der Waals surface area contributed by atoms with E-state index < -0.39 is 22.4 Å². The van der Waals surface area contributed by atoms with Crippen LogP contribution in [-0.4, -0.2) is 75.3 Å². The number of hydrogen-bond donors (Lipinski definition) is 1. The molecule has 2 rings (SSSR count). The number of alkyl halides is 2. The molecule has 1 aromatic rings. The lowest BCUT2D eigenvalue weighted by Gasteiger charge is -2.35. The highest BCUT2D eigenvalue weighted by Crippen LogP contribution is 2.18. The Morgan fingerprint density at radius 1 is 1.04 bits per heavy atom. The summed E-state index contributed by atoms with van der Waals surface area (Å²) in [5.41, 5.74) is 0.646. The highest BCUT2D eigenvalue weighted by Gasteiger charge is 2.21. The van der Waals surface area contributed by atoms with E-state index >= 15 is 0 Å². The van der Waals surface area contributed by atoms with Crippen molar-refractivity contribution in [2.75, 3.05) is 45.5 Å². The normalized spacial score (nSPS) is 19.2. The number of halogens is 2. The van der Waals surface area contributed by atoms with Gasteiger partial charge in [-0.2, -0.15) is 0 Å². The van der Waals surface area contributed by atoms with Crippen LogP contribution in [0.4, 0.5) is 8.78 Å². The van der Waals surface area contributed by atoms with E-state index in [9.17, 15) is 22.3 Å². The Labute approximate surface area is 135 Å². The molecule has 5 nitrogen and oxygen atoms in total. The highest BCUT2D eigenvalue weighted by atomic mass is 32.2. The third kappa shape index (κ3) is 5.49. The van der Waals surface area contributed by atoms with E-state index in [4.69, 9.17) is 0 Å². The summed E-state index contributed by atoms with van der Waals surface area (Å²) < 4.78 is 47.5. The van der Waals surface area contributed by atoms with Gasteiger partial charge in [0.1, 0.15) is 0 Å². The largest absolute Gasteiger partial charge is 0.387 e. The average Bonchev–Trinajstić information content (AvgIpc) is 2.48. The molecule has 23 heavy (non-hydrogen) atoms. The van der Waals surface area contributed by atoms with Gasteiger partial charge in [0, 0.05) is 39.0 Å². The Morgan fingerprint density at radius 3 is 1.96 bits per heavy atom. The maximum absolute atomic E-state index is 12.3. The van der Waals surface area contributed by atoms with E-state index in [1.165, 1.54) is 12.1 Å². The predicted octanol–water partition coefficient (Wildman–Crippen LogP) is 1.01.